The molecule has 1 fully saturated rings. The van der Waals surface area contributed by atoms with Crippen molar-refractivity contribution in [3.05, 3.63) is 35.0 Å². The molecular weight excluding hydrogens is 433 g/mol. The highest BCUT2D eigenvalue weighted by Gasteiger charge is 2.49. The molecular formula is C16H23ClFN3O5S2. The van der Waals surface area contributed by atoms with Crippen LogP contribution in [0.5, 0.6) is 0 Å². The number of halogens is 2. The number of nitrogens with zero attached hydrogens (tertiary/aromatic N) is 2. The molecule has 1 aromatic rings. The molecule has 0 bridgehead atoms. The Hall–Kier alpha value is -1.27. The number of rotatable bonds is 8. The first kappa shape index (κ1) is 24.8. The van der Waals surface area contributed by atoms with Crippen molar-refractivity contribution >= 4 is 40.3 Å². The molecule has 158 valence electrons. The van der Waals surface area contributed by atoms with E-state index in [1.165, 1.54) is 12.1 Å². The van der Waals surface area contributed by atoms with Gasteiger partial charge in [-0.3, -0.25) is 4.79 Å². The van der Waals surface area contributed by atoms with Crippen molar-refractivity contribution in [3.8, 4) is 0 Å². The third-order valence-corrected chi connectivity index (χ3v) is 7.04. The summed E-state index contributed by atoms with van der Waals surface area (Å²) >= 11 is 0.625. The van der Waals surface area contributed by atoms with E-state index in [-0.39, 0.29) is 19.0 Å². The summed E-state index contributed by atoms with van der Waals surface area (Å²) in [5.74, 6) is -1.76. The van der Waals surface area contributed by atoms with Crippen molar-refractivity contribution in [2.45, 2.75) is 35.4 Å². The lowest BCUT2D eigenvalue weighted by atomic mass is 9.88. The van der Waals surface area contributed by atoms with E-state index in [4.69, 9.17) is 4.74 Å². The summed E-state index contributed by atoms with van der Waals surface area (Å²) in [4.78, 5) is 25.0. The molecule has 8 nitrogen and oxygen atoms in total. The predicted molar refractivity (Wildman–Crippen MR) is 107 cm³/mol. The summed E-state index contributed by atoms with van der Waals surface area (Å²) in [6, 6.07) is 3.48. The van der Waals surface area contributed by atoms with Gasteiger partial charge in [-0.2, -0.15) is 4.72 Å². The molecule has 1 aliphatic heterocycles. The number of sulfonamides is 1. The minimum absolute atomic E-state index is 0. The van der Waals surface area contributed by atoms with Gasteiger partial charge in [0.2, 0.25) is 10.0 Å². The summed E-state index contributed by atoms with van der Waals surface area (Å²) in [5, 5.41) is 0. The Morgan fingerprint density at radius 1 is 1.39 bits per heavy atom. The van der Waals surface area contributed by atoms with Gasteiger partial charge in [0, 0.05) is 16.5 Å². The molecule has 1 atom stereocenters. The molecule has 0 radical (unpaired) electrons. The lowest BCUT2D eigenvalue weighted by molar-refractivity contribution is -0.146. The quantitative estimate of drug-likeness (QED) is 0.364. The van der Waals surface area contributed by atoms with Crippen molar-refractivity contribution in [1.29, 1.82) is 0 Å². The van der Waals surface area contributed by atoms with Crippen LogP contribution in [0.25, 0.3) is 0 Å². The molecule has 1 heterocycles. The molecule has 0 spiro atoms. The topological polar surface area (TPSA) is 105 Å². The second kappa shape index (κ2) is 10.5. The number of nitrogens with one attached hydrogen (secondary N) is 1. The van der Waals surface area contributed by atoms with E-state index in [1.807, 2.05) is 11.9 Å². The Morgan fingerprint density at radius 3 is 2.54 bits per heavy atom. The SMILES string of the molecule is CCOC(=O)C(NS(=O)(=O)c1ccccc1F)C1(SN=O)CCN(C)CC1.Cl. The van der Waals surface area contributed by atoms with Gasteiger partial charge in [-0.25, -0.2) is 12.8 Å². The first-order valence-electron chi connectivity index (χ1n) is 8.38. The number of carbonyl (C=O) groups is 1. The van der Waals surface area contributed by atoms with Gasteiger partial charge in [-0.05, 0) is 52.0 Å². The van der Waals surface area contributed by atoms with Crippen LogP contribution < -0.4 is 4.72 Å². The molecule has 12 heteroatoms. The Morgan fingerprint density at radius 2 is 2.00 bits per heavy atom. The van der Waals surface area contributed by atoms with E-state index >= 15 is 0 Å². The van der Waals surface area contributed by atoms with Crippen molar-refractivity contribution in [2.24, 2.45) is 4.58 Å². The van der Waals surface area contributed by atoms with E-state index < -0.39 is 37.5 Å². The van der Waals surface area contributed by atoms with Crippen LogP contribution in [0.3, 0.4) is 0 Å². The number of nitroso groups, excluding NO2 is 1. The minimum Gasteiger partial charge on any atom is -0.465 e. The lowest BCUT2D eigenvalue weighted by Crippen LogP contribution is -2.59. The van der Waals surface area contributed by atoms with Gasteiger partial charge in [-0.1, -0.05) is 12.1 Å². The maximum absolute atomic E-state index is 14.0. The van der Waals surface area contributed by atoms with Crippen LogP contribution in [-0.4, -0.2) is 56.8 Å². The normalized spacial score (nSPS) is 18.0. The number of esters is 1. The van der Waals surface area contributed by atoms with Crippen LogP contribution in [-0.2, 0) is 19.6 Å². The van der Waals surface area contributed by atoms with Gasteiger partial charge in [0.15, 0.2) is 0 Å². The second-order valence-corrected chi connectivity index (χ2v) is 9.10. The summed E-state index contributed by atoms with van der Waals surface area (Å²) in [6.45, 7) is 2.71. The highest BCUT2D eigenvalue weighted by Crippen LogP contribution is 2.40. The van der Waals surface area contributed by atoms with E-state index in [0.29, 0.717) is 37.9 Å². The molecule has 28 heavy (non-hydrogen) atoms. The number of benzene rings is 1. The summed E-state index contributed by atoms with van der Waals surface area (Å²) in [7, 11) is -2.49. The van der Waals surface area contributed by atoms with Crippen LogP contribution in [0.2, 0.25) is 0 Å². The first-order chi connectivity index (χ1) is 12.8. The maximum atomic E-state index is 14.0. The number of carbonyl (C=O) groups excluding carboxylic acids is 1. The molecule has 0 amide bonds. The van der Waals surface area contributed by atoms with Crippen molar-refractivity contribution in [2.75, 3.05) is 26.7 Å². The van der Waals surface area contributed by atoms with Crippen LogP contribution in [0.1, 0.15) is 19.8 Å². The minimum atomic E-state index is -4.37. The summed E-state index contributed by atoms with van der Waals surface area (Å²) < 4.78 is 48.5. The van der Waals surface area contributed by atoms with Crippen molar-refractivity contribution in [1.82, 2.24) is 9.62 Å². The molecule has 1 N–H and O–H groups in total. The maximum Gasteiger partial charge on any atom is 0.325 e. The van der Waals surface area contributed by atoms with Crippen LogP contribution in [0.15, 0.2) is 33.7 Å². The number of hydrogen-bond acceptors (Lipinski definition) is 8. The van der Waals surface area contributed by atoms with Crippen LogP contribution >= 0.6 is 24.4 Å². The zero-order valence-electron chi connectivity index (χ0n) is 15.5. The van der Waals surface area contributed by atoms with Gasteiger partial charge in [0.05, 0.1) is 11.4 Å². The van der Waals surface area contributed by atoms with E-state index in [9.17, 15) is 22.5 Å². The molecule has 1 unspecified atom stereocenters. The molecule has 1 aliphatic rings. The Kier molecular flexibility index (Phi) is 9.28. The Labute approximate surface area is 174 Å². The zero-order valence-corrected chi connectivity index (χ0v) is 17.9. The average molecular weight is 456 g/mol. The van der Waals surface area contributed by atoms with Crippen LogP contribution in [0.4, 0.5) is 4.39 Å². The highest BCUT2D eigenvalue weighted by atomic mass is 35.5. The monoisotopic (exact) mass is 455 g/mol. The molecule has 0 aromatic heterocycles. The number of hydrogen-bond donors (Lipinski definition) is 1. The lowest BCUT2D eigenvalue weighted by Gasteiger charge is -2.41. The summed E-state index contributed by atoms with van der Waals surface area (Å²) in [5.41, 5.74) is 0. The fourth-order valence-electron chi connectivity index (χ4n) is 2.98. The largest absolute Gasteiger partial charge is 0.465 e. The van der Waals surface area contributed by atoms with E-state index in [0.717, 1.165) is 12.1 Å². The fourth-order valence-corrected chi connectivity index (χ4v) is 5.17. The van der Waals surface area contributed by atoms with Crippen molar-refractivity contribution in [3.63, 3.8) is 0 Å². The molecule has 0 aliphatic carbocycles. The van der Waals surface area contributed by atoms with E-state index in [1.54, 1.807) is 6.92 Å². The van der Waals surface area contributed by atoms with Crippen molar-refractivity contribution < 1.29 is 22.3 Å². The Balaban J connectivity index is 0.00000392. The average Bonchev–Trinajstić information content (AvgIpc) is 2.62. The summed E-state index contributed by atoms with van der Waals surface area (Å²) in [6.07, 6.45) is 0.673. The molecule has 1 saturated heterocycles. The molecule has 0 saturated carbocycles. The van der Waals surface area contributed by atoms with Gasteiger partial charge < -0.3 is 9.64 Å². The predicted octanol–water partition coefficient (Wildman–Crippen LogP) is 2.34. The van der Waals surface area contributed by atoms with Crippen LogP contribution in [0, 0.1) is 10.7 Å². The highest BCUT2D eigenvalue weighted by molar-refractivity contribution is 7.99. The van der Waals surface area contributed by atoms with Gasteiger partial charge in [-0.15, -0.1) is 17.3 Å². The third kappa shape index (κ3) is 5.63. The van der Waals surface area contributed by atoms with Gasteiger partial charge in [0.25, 0.3) is 0 Å². The first-order valence-corrected chi connectivity index (χ1v) is 10.6. The standard InChI is InChI=1S/C16H22FN3O5S2.ClH/c1-3-25-15(21)14(16(26-19-22)8-10-20(2)11-9-16)18-27(23,24)13-7-5-4-6-12(13)17;/h4-7,14,18H,3,8-11H2,1-2H3;1H. The fraction of sp³-hybridized carbons (Fsp3) is 0.562. The Bertz CT molecular complexity index is 788. The smallest absolute Gasteiger partial charge is 0.325 e. The third-order valence-electron chi connectivity index (χ3n) is 4.50. The molecule has 2 rings (SSSR count). The van der Waals surface area contributed by atoms with Gasteiger partial charge in [0.1, 0.15) is 16.8 Å². The second-order valence-electron chi connectivity index (χ2n) is 6.27. The number of piperidine rings is 1. The zero-order chi connectivity index (χ0) is 20.1. The number of ether oxygens (including phenoxy) is 1. The number of likely N-dealkylation sites (tertiary alicyclic amines) is 1. The molecule has 1 aromatic carbocycles. The van der Waals surface area contributed by atoms with E-state index in [2.05, 4.69) is 9.30 Å². The van der Waals surface area contributed by atoms with Gasteiger partial charge >= 0.3 is 5.97 Å².